The molecule has 0 radical (unpaired) electrons. The number of benzene rings is 1. The maximum atomic E-state index is 11.1. The minimum Gasteiger partial charge on any atom is -0.494 e. The van der Waals surface area contributed by atoms with Gasteiger partial charge in [0.15, 0.2) is 6.29 Å². The van der Waals surface area contributed by atoms with E-state index in [1.807, 2.05) is 6.92 Å². The molecule has 0 fully saturated rings. The van der Waals surface area contributed by atoms with Gasteiger partial charge in [-0.1, -0.05) is 43.5 Å². The smallest absolute Gasteiger partial charge is 0.155 e. The van der Waals surface area contributed by atoms with E-state index in [-0.39, 0.29) is 0 Å². The molecular formula is C13H16Cl2O2. The third-order valence-corrected chi connectivity index (χ3v) is 3.58. The van der Waals surface area contributed by atoms with Crippen molar-refractivity contribution in [1.29, 1.82) is 0 Å². The van der Waals surface area contributed by atoms with Crippen molar-refractivity contribution in [1.82, 2.24) is 0 Å². The van der Waals surface area contributed by atoms with E-state index in [1.165, 1.54) is 7.11 Å². The van der Waals surface area contributed by atoms with Crippen LogP contribution in [0.4, 0.5) is 0 Å². The SMILES string of the molecule is CCCc1c(Cl)c(OC)c(C=O)c(Cl)c1CC. The van der Waals surface area contributed by atoms with Gasteiger partial charge in [-0.3, -0.25) is 4.79 Å². The van der Waals surface area contributed by atoms with Gasteiger partial charge in [0.05, 0.1) is 22.7 Å². The van der Waals surface area contributed by atoms with Crippen LogP contribution in [0.3, 0.4) is 0 Å². The predicted octanol–water partition coefficient (Wildman–Crippen LogP) is 4.33. The van der Waals surface area contributed by atoms with Crippen LogP contribution in [0.2, 0.25) is 10.0 Å². The van der Waals surface area contributed by atoms with Crippen LogP contribution >= 0.6 is 23.2 Å². The van der Waals surface area contributed by atoms with Crippen molar-refractivity contribution in [2.75, 3.05) is 7.11 Å². The monoisotopic (exact) mass is 274 g/mol. The Morgan fingerprint density at radius 1 is 1.18 bits per heavy atom. The van der Waals surface area contributed by atoms with Crippen LogP contribution in [-0.2, 0) is 12.8 Å². The van der Waals surface area contributed by atoms with Gasteiger partial charge in [0, 0.05) is 0 Å². The number of methoxy groups -OCH3 is 1. The summed E-state index contributed by atoms with van der Waals surface area (Å²) in [6, 6.07) is 0. The molecule has 0 aliphatic heterocycles. The van der Waals surface area contributed by atoms with E-state index in [9.17, 15) is 4.79 Å². The van der Waals surface area contributed by atoms with Crippen LogP contribution < -0.4 is 4.74 Å². The van der Waals surface area contributed by atoms with E-state index in [2.05, 4.69) is 6.92 Å². The first-order chi connectivity index (χ1) is 8.12. The molecule has 0 bridgehead atoms. The van der Waals surface area contributed by atoms with Gasteiger partial charge < -0.3 is 4.74 Å². The minimum atomic E-state index is 0.343. The quantitative estimate of drug-likeness (QED) is 0.747. The second kappa shape index (κ2) is 6.27. The van der Waals surface area contributed by atoms with Crippen molar-refractivity contribution >= 4 is 29.5 Å². The second-order valence-electron chi connectivity index (χ2n) is 3.75. The van der Waals surface area contributed by atoms with Gasteiger partial charge in [-0.25, -0.2) is 0 Å². The maximum Gasteiger partial charge on any atom is 0.155 e. The van der Waals surface area contributed by atoms with Crippen LogP contribution in [0.25, 0.3) is 0 Å². The Morgan fingerprint density at radius 2 is 1.82 bits per heavy atom. The lowest BCUT2D eigenvalue weighted by Gasteiger charge is -2.17. The summed E-state index contributed by atoms with van der Waals surface area (Å²) in [4.78, 5) is 11.1. The Kier molecular flexibility index (Phi) is 5.29. The highest BCUT2D eigenvalue weighted by atomic mass is 35.5. The summed E-state index contributed by atoms with van der Waals surface area (Å²) in [5.74, 6) is 0.382. The van der Waals surface area contributed by atoms with Gasteiger partial charge in [0.2, 0.25) is 0 Å². The van der Waals surface area contributed by atoms with Gasteiger partial charge >= 0.3 is 0 Å². The summed E-state index contributed by atoms with van der Waals surface area (Å²) >= 11 is 12.5. The standard InChI is InChI=1S/C13H16Cl2O2/c1-4-6-9-8(5-2)11(14)10(7-16)13(17-3)12(9)15/h7H,4-6H2,1-3H3. The van der Waals surface area contributed by atoms with Crippen molar-refractivity contribution in [3.05, 3.63) is 26.7 Å². The fourth-order valence-electron chi connectivity index (χ4n) is 1.97. The molecule has 0 aromatic heterocycles. The lowest BCUT2D eigenvalue weighted by atomic mass is 9.97. The average molecular weight is 275 g/mol. The van der Waals surface area contributed by atoms with E-state index >= 15 is 0 Å². The van der Waals surface area contributed by atoms with E-state index < -0.39 is 0 Å². The molecule has 1 aromatic carbocycles. The molecule has 0 aliphatic rings. The maximum absolute atomic E-state index is 11.1. The fraction of sp³-hybridized carbons (Fsp3) is 0.462. The first-order valence-corrected chi connectivity index (χ1v) is 6.39. The molecule has 0 N–H and O–H groups in total. The molecule has 94 valence electrons. The minimum absolute atomic E-state index is 0.343. The second-order valence-corrected chi connectivity index (χ2v) is 4.51. The Bertz CT molecular complexity index is 428. The van der Waals surface area contributed by atoms with Crippen LogP contribution in [0.5, 0.6) is 5.75 Å². The topological polar surface area (TPSA) is 26.3 Å². The molecular weight excluding hydrogens is 259 g/mol. The van der Waals surface area contributed by atoms with Crippen LogP contribution in [-0.4, -0.2) is 13.4 Å². The molecule has 1 aromatic rings. The molecule has 0 saturated carbocycles. The zero-order valence-electron chi connectivity index (χ0n) is 10.3. The zero-order chi connectivity index (χ0) is 13.0. The number of ether oxygens (including phenoxy) is 1. The van der Waals surface area contributed by atoms with Crippen LogP contribution in [0.1, 0.15) is 41.8 Å². The van der Waals surface area contributed by atoms with Crippen LogP contribution in [0, 0.1) is 0 Å². The Labute approximate surface area is 112 Å². The molecule has 0 saturated heterocycles. The van der Waals surface area contributed by atoms with Crippen molar-refractivity contribution in [2.45, 2.75) is 33.1 Å². The number of hydrogen-bond acceptors (Lipinski definition) is 2. The number of rotatable bonds is 5. The molecule has 17 heavy (non-hydrogen) atoms. The van der Waals surface area contributed by atoms with E-state index in [1.54, 1.807) is 0 Å². The summed E-state index contributed by atoms with van der Waals surface area (Å²) in [5, 5.41) is 0.977. The molecule has 0 unspecified atom stereocenters. The molecule has 0 heterocycles. The van der Waals surface area contributed by atoms with Gasteiger partial charge in [-0.2, -0.15) is 0 Å². The molecule has 4 heteroatoms. The Balaban J connectivity index is 3.60. The fourth-order valence-corrected chi connectivity index (χ4v) is 2.73. The lowest BCUT2D eigenvalue weighted by Crippen LogP contribution is -2.03. The Hall–Kier alpha value is -0.730. The first kappa shape index (κ1) is 14.3. The normalized spacial score (nSPS) is 10.4. The van der Waals surface area contributed by atoms with E-state index in [0.717, 1.165) is 30.4 Å². The van der Waals surface area contributed by atoms with E-state index in [4.69, 9.17) is 27.9 Å². The van der Waals surface area contributed by atoms with Crippen molar-refractivity contribution in [3.8, 4) is 5.75 Å². The Morgan fingerprint density at radius 3 is 2.24 bits per heavy atom. The number of hydrogen-bond donors (Lipinski definition) is 0. The largest absolute Gasteiger partial charge is 0.494 e. The number of aldehydes is 1. The highest BCUT2D eigenvalue weighted by Gasteiger charge is 2.20. The summed E-state index contributed by atoms with van der Waals surface area (Å²) in [6.45, 7) is 4.07. The summed E-state index contributed by atoms with van der Waals surface area (Å²) in [6.07, 6.45) is 3.24. The molecule has 0 atom stereocenters. The molecule has 0 spiro atoms. The first-order valence-electron chi connectivity index (χ1n) is 5.64. The third-order valence-electron chi connectivity index (χ3n) is 2.75. The third kappa shape index (κ3) is 2.58. The van der Waals surface area contributed by atoms with Crippen molar-refractivity contribution in [3.63, 3.8) is 0 Å². The van der Waals surface area contributed by atoms with Gasteiger partial charge in [0.1, 0.15) is 5.75 Å². The summed E-state index contributed by atoms with van der Waals surface area (Å²) < 4.78 is 5.19. The van der Waals surface area contributed by atoms with Crippen molar-refractivity contribution in [2.24, 2.45) is 0 Å². The van der Waals surface area contributed by atoms with Crippen LogP contribution in [0.15, 0.2) is 0 Å². The molecule has 0 amide bonds. The zero-order valence-corrected chi connectivity index (χ0v) is 11.8. The molecule has 0 aliphatic carbocycles. The lowest BCUT2D eigenvalue weighted by molar-refractivity contribution is 0.112. The highest BCUT2D eigenvalue weighted by molar-refractivity contribution is 6.37. The summed E-state index contributed by atoms with van der Waals surface area (Å²) in [7, 11) is 1.49. The van der Waals surface area contributed by atoms with Gasteiger partial charge in [0.25, 0.3) is 0 Å². The molecule has 2 nitrogen and oxygen atoms in total. The number of halogens is 2. The summed E-state index contributed by atoms with van der Waals surface area (Å²) in [5.41, 5.74) is 2.28. The molecule has 1 rings (SSSR count). The number of carbonyl (C=O) groups is 1. The highest BCUT2D eigenvalue weighted by Crippen LogP contribution is 2.40. The predicted molar refractivity (Wildman–Crippen MR) is 71.8 cm³/mol. The van der Waals surface area contributed by atoms with Crippen molar-refractivity contribution < 1.29 is 9.53 Å². The van der Waals surface area contributed by atoms with Gasteiger partial charge in [-0.15, -0.1) is 0 Å². The average Bonchev–Trinajstić information content (AvgIpc) is 2.33. The van der Waals surface area contributed by atoms with Gasteiger partial charge in [-0.05, 0) is 24.0 Å². The van der Waals surface area contributed by atoms with E-state index in [0.29, 0.717) is 27.6 Å². The number of carbonyl (C=O) groups excluding carboxylic acids is 1.